The fraction of sp³-hybridized carbons (Fsp3) is 0.263. The second-order valence-electron chi connectivity index (χ2n) is 5.86. The maximum absolute atomic E-state index is 12.2. The van der Waals surface area contributed by atoms with Crippen molar-refractivity contribution >= 4 is 28.4 Å². The summed E-state index contributed by atoms with van der Waals surface area (Å²) in [6.07, 6.45) is 0.989. The van der Waals surface area contributed by atoms with Crippen LogP contribution >= 0.6 is 11.6 Å². The summed E-state index contributed by atoms with van der Waals surface area (Å²) in [6.45, 7) is 4.95. The predicted octanol–water partition coefficient (Wildman–Crippen LogP) is 4.74. The Bertz CT molecular complexity index is 694. The van der Waals surface area contributed by atoms with E-state index in [9.17, 15) is 9.59 Å². The van der Waals surface area contributed by atoms with Gasteiger partial charge in [-0.25, -0.2) is 0 Å². The largest absolute Gasteiger partial charge is 0.494 e. The van der Waals surface area contributed by atoms with Crippen molar-refractivity contribution in [3.05, 3.63) is 59.7 Å². The van der Waals surface area contributed by atoms with Crippen molar-refractivity contribution in [3.63, 3.8) is 0 Å². The van der Waals surface area contributed by atoms with E-state index in [0.29, 0.717) is 29.3 Å². The molecule has 0 aliphatic carbocycles. The van der Waals surface area contributed by atoms with Crippen molar-refractivity contribution in [1.82, 2.24) is 0 Å². The third-order valence-electron chi connectivity index (χ3n) is 3.45. The van der Waals surface area contributed by atoms with Gasteiger partial charge in [0.05, 0.1) is 6.61 Å². The lowest BCUT2D eigenvalue weighted by atomic mass is 10.1. The number of hydrogen-bond donors (Lipinski definition) is 1. The van der Waals surface area contributed by atoms with Gasteiger partial charge in [-0.2, -0.15) is 0 Å². The van der Waals surface area contributed by atoms with E-state index in [0.717, 1.165) is 12.2 Å². The van der Waals surface area contributed by atoms with E-state index in [1.165, 1.54) is 0 Å². The molecule has 0 bridgehead atoms. The van der Waals surface area contributed by atoms with Crippen molar-refractivity contribution in [2.75, 3.05) is 11.9 Å². The van der Waals surface area contributed by atoms with Crippen molar-refractivity contribution in [2.45, 2.75) is 20.3 Å². The molecule has 5 heteroatoms. The molecule has 126 valence electrons. The van der Waals surface area contributed by atoms with E-state index in [1.807, 2.05) is 0 Å². The van der Waals surface area contributed by atoms with Gasteiger partial charge >= 0.3 is 0 Å². The number of benzene rings is 2. The molecule has 0 unspecified atom stereocenters. The summed E-state index contributed by atoms with van der Waals surface area (Å²) in [5.74, 6) is 1.11. The first-order valence-electron chi connectivity index (χ1n) is 7.80. The molecule has 0 aliphatic rings. The third kappa shape index (κ3) is 5.39. The highest BCUT2D eigenvalue weighted by molar-refractivity contribution is 6.67. The minimum atomic E-state index is -0.527. The topological polar surface area (TPSA) is 55.4 Å². The van der Waals surface area contributed by atoms with Gasteiger partial charge in [0.1, 0.15) is 5.75 Å². The molecule has 0 radical (unpaired) electrons. The Balaban J connectivity index is 1.93. The van der Waals surface area contributed by atoms with Gasteiger partial charge in [-0.3, -0.25) is 9.59 Å². The van der Waals surface area contributed by atoms with Gasteiger partial charge in [0.15, 0.2) is 0 Å². The highest BCUT2D eigenvalue weighted by Crippen LogP contribution is 2.16. The maximum Gasteiger partial charge on any atom is 0.255 e. The van der Waals surface area contributed by atoms with Crippen LogP contribution in [0.1, 0.15) is 41.0 Å². The van der Waals surface area contributed by atoms with Crippen molar-refractivity contribution in [2.24, 2.45) is 5.92 Å². The molecule has 0 aromatic heterocycles. The molecule has 0 heterocycles. The Morgan fingerprint density at radius 3 is 2.12 bits per heavy atom. The van der Waals surface area contributed by atoms with Gasteiger partial charge in [-0.05, 0) is 72.5 Å². The van der Waals surface area contributed by atoms with E-state index in [4.69, 9.17) is 16.3 Å². The summed E-state index contributed by atoms with van der Waals surface area (Å²) in [4.78, 5) is 23.2. The Morgan fingerprint density at radius 1 is 1.00 bits per heavy atom. The molecule has 24 heavy (non-hydrogen) atoms. The van der Waals surface area contributed by atoms with Crippen LogP contribution in [0.2, 0.25) is 0 Å². The number of carbonyl (C=O) groups excluding carboxylic acids is 2. The normalized spacial score (nSPS) is 10.5. The molecule has 1 amide bonds. The summed E-state index contributed by atoms with van der Waals surface area (Å²) >= 11 is 5.39. The number of nitrogens with one attached hydrogen (secondary N) is 1. The zero-order valence-corrected chi connectivity index (χ0v) is 14.5. The van der Waals surface area contributed by atoms with Crippen molar-refractivity contribution in [3.8, 4) is 5.75 Å². The molecule has 0 saturated carbocycles. The Hall–Kier alpha value is -2.33. The number of carbonyl (C=O) groups is 2. The molecular weight excluding hydrogens is 326 g/mol. The summed E-state index contributed by atoms with van der Waals surface area (Å²) in [5.41, 5.74) is 1.51. The van der Waals surface area contributed by atoms with E-state index in [2.05, 4.69) is 19.2 Å². The molecule has 2 aromatic carbocycles. The smallest absolute Gasteiger partial charge is 0.255 e. The Labute approximate surface area is 146 Å². The van der Waals surface area contributed by atoms with Crippen LogP contribution in [0.4, 0.5) is 5.69 Å². The molecule has 1 N–H and O–H groups in total. The minimum Gasteiger partial charge on any atom is -0.494 e. The first kappa shape index (κ1) is 18.0. The van der Waals surface area contributed by atoms with Crippen LogP contribution in [0.3, 0.4) is 0 Å². The molecule has 2 aromatic rings. The zero-order valence-electron chi connectivity index (χ0n) is 13.7. The standard InChI is InChI=1S/C19H20ClNO3/c1-13(2)11-12-24-17-9-5-15(6-10-17)19(23)21-16-7-3-14(4-8-16)18(20)22/h3-10,13H,11-12H2,1-2H3,(H,21,23). The summed E-state index contributed by atoms with van der Waals surface area (Å²) in [6, 6.07) is 13.4. The van der Waals surface area contributed by atoms with Gasteiger partial charge in [0.2, 0.25) is 0 Å². The highest BCUT2D eigenvalue weighted by Gasteiger charge is 2.07. The van der Waals surface area contributed by atoms with Gasteiger partial charge in [-0.15, -0.1) is 0 Å². The lowest BCUT2D eigenvalue weighted by molar-refractivity contribution is 0.102. The van der Waals surface area contributed by atoms with Gasteiger partial charge in [0, 0.05) is 16.8 Å². The predicted molar refractivity (Wildman–Crippen MR) is 96.0 cm³/mol. The summed E-state index contributed by atoms with van der Waals surface area (Å²) in [7, 11) is 0. The average molecular weight is 346 g/mol. The monoisotopic (exact) mass is 345 g/mol. The second kappa shape index (κ2) is 8.50. The third-order valence-corrected chi connectivity index (χ3v) is 3.67. The average Bonchev–Trinajstić information content (AvgIpc) is 2.55. The van der Waals surface area contributed by atoms with Crippen LogP contribution < -0.4 is 10.1 Å². The lowest BCUT2D eigenvalue weighted by Crippen LogP contribution is -2.11. The molecular formula is C19H20ClNO3. The first-order valence-corrected chi connectivity index (χ1v) is 8.17. The molecule has 0 atom stereocenters. The number of rotatable bonds is 7. The number of ether oxygens (including phenoxy) is 1. The summed E-state index contributed by atoms with van der Waals surface area (Å²) < 4.78 is 5.63. The lowest BCUT2D eigenvalue weighted by Gasteiger charge is -2.09. The van der Waals surface area contributed by atoms with E-state index < -0.39 is 5.24 Å². The SMILES string of the molecule is CC(C)CCOc1ccc(C(=O)Nc2ccc(C(=O)Cl)cc2)cc1. The highest BCUT2D eigenvalue weighted by atomic mass is 35.5. The van der Waals surface area contributed by atoms with Crippen molar-refractivity contribution < 1.29 is 14.3 Å². The quantitative estimate of drug-likeness (QED) is 0.737. The fourth-order valence-electron chi connectivity index (χ4n) is 2.00. The van der Waals surface area contributed by atoms with Crippen LogP contribution in [0, 0.1) is 5.92 Å². The maximum atomic E-state index is 12.2. The summed E-state index contributed by atoms with van der Waals surface area (Å²) in [5, 5.41) is 2.24. The van der Waals surface area contributed by atoms with E-state index in [1.54, 1.807) is 48.5 Å². The van der Waals surface area contributed by atoms with Crippen molar-refractivity contribution in [1.29, 1.82) is 0 Å². The fourth-order valence-corrected chi connectivity index (χ4v) is 2.13. The van der Waals surface area contributed by atoms with Gasteiger partial charge < -0.3 is 10.1 Å². The molecule has 0 spiro atoms. The van der Waals surface area contributed by atoms with E-state index >= 15 is 0 Å². The Kier molecular flexibility index (Phi) is 6.38. The number of halogens is 1. The van der Waals surface area contributed by atoms with Crippen LogP contribution in [0.25, 0.3) is 0 Å². The molecule has 0 fully saturated rings. The number of hydrogen-bond acceptors (Lipinski definition) is 3. The first-order chi connectivity index (χ1) is 11.5. The molecule has 4 nitrogen and oxygen atoms in total. The van der Waals surface area contributed by atoms with Gasteiger partial charge in [-0.1, -0.05) is 13.8 Å². The molecule has 0 aliphatic heterocycles. The molecule has 2 rings (SSSR count). The number of amides is 1. The Morgan fingerprint density at radius 2 is 1.58 bits per heavy atom. The van der Waals surface area contributed by atoms with Gasteiger partial charge in [0.25, 0.3) is 11.1 Å². The van der Waals surface area contributed by atoms with Crippen LogP contribution in [-0.2, 0) is 0 Å². The molecule has 0 saturated heterocycles. The minimum absolute atomic E-state index is 0.228. The van der Waals surface area contributed by atoms with Crippen LogP contribution in [-0.4, -0.2) is 17.8 Å². The van der Waals surface area contributed by atoms with E-state index in [-0.39, 0.29) is 5.91 Å². The zero-order chi connectivity index (χ0) is 17.5. The number of anilines is 1. The van der Waals surface area contributed by atoms with Crippen LogP contribution in [0.5, 0.6) is 5.75 Å². The second-order valence-corrected chi connectivity index (χ2v) is 6.20. The van der Waals surface area contributed by atoms with Crippen LogP contribution in [0.15, 0.2) is 48.5 Å².